The molecule has 4 fully saturated rings. The molecular weight excluding hydrogens is 692 g/mol. The molecule has 14 heteroatoms. The number of benzene rings is 2. The molecule has 4 amide bonds. The minimum absolute atomic E-state index is 0.0799. The predicted octanol–water partition coefficient (Wildman–Crippen LogP) is 3.39. The molecule has 2 aromatic carbocycles. The molecule has 0 aromatic heterocycles. The van der Waals surface area contributed by atoms with Crippen LogP contribution in [-0.4, -0.2) is 102 Å². The van der Waals surface area contributed by atoms with Gasteiger partial charge in [0.2, 0.25) is 23.6 Å². The first-order chi connectivity index (χ1) is 25.8. The van der Waals surface area contributed by atoms with Gasteiger partial charge >= 0.3 is 11.9 Å². The zero-order valence-corrected chi connectivity index (χ0v) is 31.4. The molecule has 4 N–H and O–H groups in total. The number of imide groups is 2. The van der Waals surface area contributed by atoms with E-state index in [1.54, 1.807) is 20.8 Å². The average Bonchev–Trinajstić information content (AvgIpc) is 3.13. The number of esters is 2. The molecule has 4 aliphatic rings. The van der Waals surface area contributed by atoms with Crippen molar-refractivity contribution >= 4 is 46.9 Å². The Balaban J connectivity index is 0.977. The van der Waals surface area contributed by atoms with E-state index in [0.29, 0.717) is 57.8 Å². The lowest BCUT2D eigenvalue weighted by molar-refractivity contribution is -0.191. The Bertz CT molecular complexity index is 1690. The summed E-state index contributed by atoms with van der Waals surface area (Å²) in [6.45, 7) is 7.97. The van der Waals surface area contributed by atoms with E-state index >= 15 is 0 Å². The van der Waals surface area contributed by atoms with Crippen LogP contribution < -0.4 is 21.3 Å². The van der Waals surface area contributed by atoms with Gasteiger partial charge in [0, 0.05) is 37.3 Å². The van der Waals surface area contributed by atoms with Gasteiger partial charge in [-0.3, -0.25) is 44.4 Å². The van der Waals surface area contributed by atoms with E-state index in [1.807, 2.05) is 41.3 Å². The monoisotopic (exact) mass is 744 g/mol. The first-order valence-electron chi connectivity index (χ1n) is 19.1. The summed E-state index contributed by atoms with van der Waals surface area (Å²) in [5, 5.41) is 11.2. The second-order valence-electron chi connectivity index (χ2n) is 15.8. The molecule has 1 unspecified atom stereocenters. The van der Waals surface area contributed by atoms with Crippen LogP contribution in [-0.2, 0) is 38.2 Å². The largest absolute Gasteiger partial charge is 0.456 e. The topological polar surface area (TPSA) is 175 Å². The van der Waals surface area contributed by atoms with Crippen molar-refractivity contribution in [3.8, 4) is 0 Å². The molecule has 4 heterocycles. The van der Waals surface area contributed by atoms with Gasteiger partial charge in [-0.15, -0.1) is 0 Å². The maximum atomic E-state index is 13.4. The number of piperidine rings is 4. The van der Waals surface area contributed by atoms with E-state index in [9.17, 15) is 28.8 Å². The fraction of sp³-hybridized carbons (Fsp3) is 0.550. The SMILES string of the molecule is CC(C)(C)OC(=O)C(OC(=O)CN1CCC(c2ccc(N[C@H]3CCC(=O)NC3=O)cc2)CC1)N1CCC(c2ccc(N[C@H]3CCC(=O)NC3=O)cc2)CC1. The van der Waals surface area contributed by atoms with Crippen molar-refractivity contribution < 1.29 is 38.2 Å². The van der Waals surface area contributed by atoms with Crippen LogP contribution in [0, 0.1) is 0 Å². The number of rotatable bonds is 11. The van der Waals surface area contributed by atoms with Gasteiger partial charge in [0.15, 0.2) is 0 Å². The summed E-state index contributed by atoms with van der Waals surface area (Å²) in [5.41, 5.74) is 3.23. The Labute approximate surface area is 316 Å². The number of amides is 4. The molecule has 4 aliphatic heterocycles. The van der Waals surface area contributed by atoms with Crippen molar-refractivity contribution in [2.45, 2.75) is 108 Å². The van der Waals surface area contributed by atoms with E-state index in [4.69, 9.17) is 9.47 Å². The van der Waals surface area contributed by atoms with Crippen molar-refractivity contribution in [1.82, 2.24) is 20.4 Å². The third-order valence-corrected chi connectivity index (χ3v) is 10.6. The Morgan fingerprint density at radius 1 is 0.704 bits per heavy atom. The van der Waals surface area contributed by atoms with Crippen LogP contribution in [0.3, 0.4) is 0 Å². The average molecular weight is 745 g/mol. The zero-order valence-electron chi connectivity index (χ0n) is 31.4. The van der Waals surface area contributed by atoms with Gasteiger partial charge in [-0.1, -0.05) is 24.3 Å². The minimum atomic E-state index is -1.14. The van der Waals surface area contributed by atoms with E-state index in [1.165, 1.54) is 5.56 Å². The molecule has 0 bridgehead atoms. The summed E-state index contributed by atoms with van der Waals surface area (Å²) in [7, 11) is 0. The van der Waals surface area contributed by atoms with Crippen LogP contribution in [0.15, 0.2) is 48.5 Å². The van der Waals surface area contributed by atoms with Crippen LogP contribution in [0.25, 0.3) is 0 Å². The summed E-state index contributed by atoms with van der Waals surface area (Å²) in [5.74, 6) is -1.56. The number of nitrogens with zero attached hydrogens (tertiary/aromatic N) is 2. The molecule has 6 rings (SSSR count). The normalized spacial score (nSPS) is 22.9. The molecule has 14 nitrogen and oxygen atoms in total. The first kappa shape index (κ1) is 38.9. The molecule has 0 radical (unpaired) electrons. The van der Waals surface area contributed by atoms with Crippen LogP contribution >= 0.6 is 0 Å². The first-order valence-corrected chi connectivity index (χ1v) is 19.1. The number of carbonyl (C=O) groups excluding carboxylic acids is 6. The second-order valence-corrected chi connectivity index (χ2v) is 15.8. The number of hydrogen-bond donors (Lipinski definition) is 4. The number of hydrogen-bond acceptors (Lipinski definition) is 12. The Morgan fingerprint density at radius 2 is 1.15 bits per heavy atom. The van der Waals surface area contributed by atoms with E-state index < -0.39 is 35.9 Å². The third kappa shape index (κ3) is 10.4. The Kier molecular flexibility index (Phi) is 12.3. The molecule has 0 aliphatic carbocycles. The van der Waals surface area contributed by atoms with Gasteiger partial charge in [-0.25, -0.2) is 4.79 Å². The molecular formula is C40H52N6O8. The lowest BCUT2D eigenvalue weighted by Crippen LogP contribution is -2.51. The number of carbonyl (C=O) groups is 6. The highest BCUT2D eigenvalue weighted by atomic mass is 16.6. The highest BCUT2D eigenvalue weighted by Crippen LogP contribution is 2.32. The fourth-order valence-corrected chi connectivity index (χ4v) is 7.63. The number of ether oxygens (including phenoxy) is 2. The number of likely N-dealkylation sites (tertiary alicyclic amines) is 2. The molecule has 290 valence electrons. The molecule has 0 spiro atoms. The second kappa shape index (κ2) is 17.1. The van der Waals surface area contributed by atoms with Crippen LogP contribution in [0.4, 0.5) is 11.4 Å². The quantitative estimate of drug-likeness (QED) is 0.195. The molecule has 3 atom stereocenters. The van der Waals surface area contributed by atoms with Crippen molar-refractivity contribution in [2.75, 3.05) is 43.4 Å². The highest BCUT2D eigenvalue weighted by molar-refractivity contribution is 6.02. The zero-order chi connectivity index (χ0) is 38.4. The Hall–Kier alpha value is -4.82. The van der Waals surface area contributed by atoms with E-state index in [-0.39, 0.29) is 36.1 Å². The standard InChI is InChI=1S/C40H52N6O8/c1-40(2,3)54-39(52)38(46-22-18-28(19-23-46)26-6-10-30(11-7-26)42-32-13-15-34(48)44-37(32)51)53-35(49)24-45-20-16-27(17-21-45)25-4-8-29(9-5-25)41-31-12-14-33(47)43-36(31)50/h4-11,27-28,31-32,38,41-42H,12-24H2,1-3H3,(H,43,47,50)(H,44,48,51)/t31-,32-,38?/m0/s1. The van der Waals surface area contributed by atoms with Crippen LogP contribution in [0.5, 0.6) is 0 Å². The van der Waals surface area contributed by atoms with Crippen molar-refractivity contribution in [3.63, 3.8) is 0 Å². The van der Waals surface area contributed by atoms with Crippen LogP contribution in [0.1, 0.15) is 95.1 Å². The number of anilines is 2. The summed E-state index contributed by atoms with van der Waals surface area (Å²) in [4.78, 5) is 77.9. The maximum Gasteiger partial charge on any atom is 0.363 e. The molecule has 0 saturated carbocycles. The summed E-state index contributed by atoms with van der Waals surface area (Å²) in [6, 6.07) is 15.1. The Morgan fingerprint density at radius 3 is 1.57 bits per heavy atom. The van der Waals surface area contributed by atoms with Crippen molar-refractivity contribution in [1.29, 1.82) is 0 Å². The van der Waals surface area contributed by atoms with Gasteiger partial charge in [0.1, 0.15) is 17.7 Å². The summed E-state index contributed by atoms with van der Waals surface area (Å²) < 4.78 is 11.6. The number of nitrogens with one attached hydrogen (secondary N) is 4. The summed E-state index contributed by atoms with van der Waals surface area (Å²) >= 11 is 0. The molecule has 54 heavy (non-hydrogen) atoms. The fourth-order valence-electron chi connectivity index (χ4n) is 7.63. The van der Waals surface area contributed by atoms with Gasteiger partial charge in [0.25, 0.3) is 6.23 Å². The van der Waals surface area contributed by atoms with Crippen LogP contribution in [0.2, 0.25) is 0 Å². The third-order valence-electron chi connectivity index (χ3n) is 10.6. The van der Waals surface area contributed by atoms with E-state index in [0.717, 1.165) is 42.6 Å². The van der Waals surface area contributed by atoms with E-state index in [2.05, 4.69) is 38.3 Å². The van der Waals surface area contributed by atoms with Gasteiger partial charge in [0.05, 0.1) is 6.54 Å². The smallest absolute Gasteiger partial charge is 0.363 e. The molecule has 2 aromatic rings. The van der Waals surface area contributed by atoms with Crippen molar-refractivity contribution in [2.24, 2.45) is 0 Å². The maximum absolute atomic E-state index is 13.4. The van der Waals surface area contributed by atoms with Crippen molar-refractivity contribution in [3.05, 3.63) is 59.7 Å². The highest BCUT2D eigenvalue weighted by Gasteiger charge is 2.37. The summed E-state index contributed by atoms with van der Waals surface area (Å²) in [6.07, 6.45) is 3.67. The lowest BCUT2D eigenvalue weighted by atomic mass is 9.89. The van der Waals surface area contributed by atoms with Gasteiger partial charge in [-0.2, -0.15) is 0 Å². The minimum Gasteiger partial charge on any atom is -0.456 e. The van der Waals surface area contributed by atoms with Gasteiger partial charge in [-0.05, 0) is 120 Å². The van der Waals surface area contributed by atoms with Gasteiger partial charge < -0.3 is 20.1 Å². The lowest BCUT2D eigenvalue weighted by Gasteiger charge is -2.37. The molecule has 4 saturated heterocycles. The predicted molar refractivity (Wildman–Crippen MR) is 200 cm³/mol.